The van der Waals surface area contributed by atoms with Gasteiger partial charge in [0.25, 0.3) is 0 Å². The average molecular weight is 459 g/mol. The van der Waals surface area contributed by atoms with Gasteiger partial charge in [-0.2, -0.15) is 0 Å². The fraction of sp³-hybridized carbons (Fsp3) is 0.476. The van der Waals surface area contributed by atoms with Gasteiger partial charge in [-0.05, 0) is 6.08 Å². The highest BCUT2D eigenvalue weighted by molar-refractivity contribution is 5.92. The minimum atomic E-state index is -1.00. The van der Waals surface area contributed by atoms with Crippen LogP contribution < -0.4 is 16.0 Å². The minimum Gasteiger partial charge on any atom is -0.463 e. The number of rotatable bonds is 6. The molecule has 3 aliphatic heterocycles. The molecule has 12 nitrogen and oxygen atoms in total. The molecule has 4 atom stereocenters. The first kappa shape index (κ1) is 22.5. The van der Waals surface area contributed by atoms with Crippen molar-refractivity contribution in [3.05, 3.63) is 29.9 Å². The van der Waals surface area contributed by atoms with E-state index >= 15 is 0 Å². The average Bonchev–Trinajstić information content (AvgIpc) is 3.25. The Hall–Kier alpha value is -3.67. The van der Waals surface area contributed by atoms with E-state index in [0.29, 0.717) is 22.9 Å². The molecule has 0 bridgehead atoms. The summed E-state index contributed by atoms with van der Waals surface area (Å²) in [5, 5.41) is 3.07. The van der Waals surface area contributed by atoms with Gasteiger partial charge in [0.1, 0.15) is 30.7 Å². The largest absolute Gasteiger partial charge is 0.463 e. The van der Waals surface area contributed by atoms with Gasteiger partial charge in [0.2, 0.25) is 0 Å². The van der Waals surface area contributed by atoms with Crippen LogP contribution in [0.25, 0.3) is 5.57 Å². The zero-order chi connectivity index (χ0) is 23.7. The van der Waals surface area contributed by atoms with E-state index in [0.717, 1.165) is 5.57 Å². The molecule has 0 saturated carbocycles. The molecule has 0 aliphatic carbocycles. The number of allylic oxidation sites excluding steroid dienone is 1. The van der Waals surface area contributed by atoms with Crippen molar-refractivity contribution in [2.75, 3.05) is 23.4 Å². The highest BCUT2D eigenvalue weighted by Gasteiger charge is 2.54. The van der Waals surface area contributed by atoms with Gasteiger partial charge in [-0.25, -0.2) is 9.97 Å². The SMILES string of the molecule is CCC(=O)O[C@H]1[C@@H](OC(C)=O)[C@H](N2CC3=C(N)C=CNc4ncnc2c43)O[C@@H]1COC(C)=O. The van der Waals surface area contributed by atoms with Gasteiger partial charge in [-0.15, -0.1) is 0 Å². The molecule has 3 aliphatic rings. The van der Waals surface area contributed by atoms with E-state index in [4.69, 9.17) is 24.7 Å². The lowest BCUT2D eigenvalue weighted by molar-refractivity contribution is -0.167. The van der Waals surface area contributed by atoms with Gasteiger partial charge >= 0.3 is 17.9 Å². The van der Waals surface area contributed by atoms with E-state index in [9.17, 15) is 14.4 Å². The molecule has 12 heteroatoms. The molecule has 1 aromatic heterocycles. The van der Waals surface area contributed by atoms with Crippen molar-refractivity contribution < 1.29 is 33.3 Å². The van der Waals surface area contributed by atoms with Crippen LogP contribution in [0.2, 0.25) is 0 Å². The topological polar surface area (TPSA) is 155 Å². The molecule has 33 heavy (non-hydrogen) atoms. The van der Waals surface area contributed by atoms with Crippen LogP contribution in [-0.2, 0) is 33.3 Å². The van der Waals surface area contributed by atoms with Gasteiger partial charge < -0.3 is 34.9 Å². The number of aromatic nitrogens is 2. The smallest absolute Gasteiger partial charge is 0.306 e. The van der Waals surface area contributed by atoms with Gasteiger partial charge in [0.05, 0.1) is 5.56 Å². The van der Waals surface area contributed by atoms with E-state index in [-0.39, 0.29) is 19.6 Å². The fourth-order valence-corrected chi connectivity index (χ4v) is 4.05. The molecule has 3 N–H and O–H groups in total. The van der Waals surface area contributed by atoms with Crippen LogP contribution in [0.4, 0.5) is 11.6 Å². The second kappa shape index (κ2) is 9.06. The summed E-state index contributed by atoms with van der Waals surface area (Å²) in [4.78, 5) is 46.0. The third-order valence-corrected chi connectivity index (χ3v) is 5.46. The lowest BCUT2D eigenvalue weighted by Gasteiger charge is -2.30. The molecule has 0 radical (unpaired) electrons. The zero-order valence-corrected chi connectivity index (χ0v) is 18.4. The van der Waals surface area contributed by atoms with E-state index in [1.807, 2.05) is 0 Å². The molecule has 1 saturated heterocycles. The number of anilines is 2. The van der Waals surface area contributed by atoms with Crippen molar-refractivity contribution in [3.63, 3.8) is 0 Å². The summed E-state index contributed by atoms with van der Waals surface area (Å²) in [6.45, 7) is 4.26. The Kier molecular flexibility index (Phi) is 6.18. The normalized spacial score (nSPS) is 25.2. The van der Waals surface area contributed by atoms with Gasteiger partial charge in [0, 0.05) is 44.3 Å². The monoisotopic (exact) mass is 459 g/mol. The first-order chi connectivity index (χ1) is 15.8. The number of carbonyl (C=O) groups is 3. The van der Waals surface area contributed by atoms with Crippen molar-refractivity contribution in [2.24, 2.45) is 5.73 Å². The molecular weight excluding hydrogens is 434 g/mol. The maximum Gasteiger partial charge on any atom is 0.306 e. The number of hydrogen-bond donors (Lipinski definition) is 2. The number of ether oxygens (including phenoxy) is 4. The Bertz CT molecular complexity index is 1040. The number of nitrogens with two attached hydrogens (primary N) is 1. The summed E-state index contributed by atoms with van der Waals surface area (Å²) in [6, 6.07) is 0. The Labute approximate surface area is 189 Å². The van der Waals surface area contributed by atoms with Crippen LogP contribution in [0.1, 0.15) is 32.8 Å². The lowest BCUT2D eigenvalue weighted by atomic mass is 10.1. The standard InChI is InChI=1S/C21H25N5O7/c1-4-15(29)33-17-14(8-30-10(2)27)32-21(18(17)31-11(3)28)26-7-12-13(22)5-6-23-19-16(12)20(26)25-9-24-19/h5-6,9,14,17-18,21H,4,7-8,22H2,1-3H3,(H,23,24,25)/t14-,17-,18-,21-/m1/s1. The van der Waals surface area contributed by atoms with Gasteiger partial charge in [0.15, 0.2) is 18.4 Å². The number of hydrogen-bond acceptors (Lipinski definition) is 12. The predicted molar refractivity (Wildman–Crippen MR) is 114 cm³/mol. The van der Waals surface area contributed by atoms with Crippen LogP contribution >= 0.6 is 0 Å². The summed E-state index contributed by atoms with van der Waals surface area (Å²) < 4.78 is 22.4. The fourth-order valence-electron chi connectivity index (χ4n) is 4.05. The third-order valence-electron chi connectivity index (χ3n) is 5.46. The van der Waals surface area contributed by atoms with E-state index in [1.165, 1.54) is 20.2 Å². The van der Waals surface area contributed by atoms with E-state index in [2.05, 4.69) is 15.3 Å². The molecule has 0 unspecified atom stereocenters. The molecule has 0 amide bonds. The van der Waals surface area contributed by atoms with E-state index in [1.54, 1.807) is 24.1 Å². The van der Waals surface area contributed by atoms with Crippen molar-refractivity contribution in [2.45, 2.75) is 51.7 Å². The summed E-state index contributed by atoms with van der Waals surface area (Å²) in [7, 11) is 0. The molecular formula is C21H25N5O7. The zero-order valence-electron chi connectivity index (χ0n) is 18.4. The molecule has 1 fully saturated rings. The van der Waals surface area contributed by atoms with Gasteiger partial charge in [-0.3, -0.25) is 14.4 Å². The summed E-state index contributed by atoms with van der Waals surface area (Å²) in [5.74, 6) is -0.516. The number of nitrogens with zero attached hydrogens (tertiary/aromatic N) is 3. The van der Waals surface area contributed by atoms with Crippen LogP contribution in [0.15, 0.2) is 24.3 Å². The number of nitrogens with one attached hydrogen (secondary N) is 1. The van der Waals surface area contributed by atoms with Crippen LogP contribution in [-0.4, -0.2) is 65.6 Å². The second-order valence-electron chi connectivity index (χ2n) is 7.71. The Morgan fingerprint density at radius 1 is 1.21 bits per heavy atom. The number of esters is 3. The van der Waals surface area contributed by atoms with Crippen molar-refractivity contribution in [1.82, 2.24) is 9.97 Å². The molecule has 0 aromatic carbocycles. The maximum absolute atomic E-state index is 12.1. The maximum atomic E-state index is 12.1. The minimum absolute atomic E-state index is 0.110. The highest BCUT2D eigenvalue weighted by Crippen LogP contribution is 2.44. The molecule has 1 aromatic rings. The summed E-state index contributed by atoms with van der Waals surface area (Å²) in [6.07, 6.45) is 1.17. The Balaban J connectivity index is 1.73. The molecule has 4 rings (SSSR count). The van der Waals surface area contributed by atoms with Crippen molar-refractivity contribution in [1.29, 1.82) is 0 Å². The quantitative estimate of drug-likeness (QED) is 0.448. The first-order valence-electron chi connectivity index (χ1n) is 10.5. The van der Waals surface area contributed by atoms with Gasteiger partial charge in [-0.1, -0.05) is 6.92 Å². The van der Waals surface area contributed by atoms with Crippen LogP contribution in [0, 0.1) is 0 Å². The first-order valence-corrected chi connectivity index (χ1v) is 10.5. The van der Waals surface area contributed by atoms with Crippen LogP contribution in [0.5, 0.6) is 0 Å². The van der Waals surface area contributed by atoms with Crippen LogP contribution in [0.3, 0.4) is 0 Å². The highest BCUT2D eigenvalue weighted by atomic mass is 16.7. The summed E-state index contributed by atoms with van der Waals surface area (Å²) >= 11 is 0. The Morgan fingerprint density at radius 2 is 2.00 bits per heavy atom. The molecule has 176 valence electrons. The van der Waals surface area contributed by atoms with Crippen molar-refractivity contribution in [3.8, 4) is 0 Å². The summed E-state index contributed by atoms with van der Waals surface area (Å²) in [5.41, 5.74) is 8.25. The second-order valence-corrected chi connectivity index (χ2v) is 7.71. The number of carbonyl (C=O) groups excluding carboxylic acids is 3. The Morgan fingerprint density at radius 3 is 2.70 bits per heavy atom. The van der Waals surface area contributed by atoms with Crippen molar-refractivity contribution >= 4 is 35.1 Å². The van der Waals surface area contributed by atoms with E-state index < -0.39 is 42.4 Å². The molecule has 0 spiro atoms. The lowest BCUT2D eigenvalue weighted by Crippen LogP contribution is -2.47. The molecule has 4 heterocycles. The third kappa shape index (κ3) is 4.33. The predicted octanol–water partition coefficient (Wildman–Crippen LogP) is 0.447.